The van der Waals surface area contributed by atoms with Gasteiger partial charge < -0.3 is 43.0 Å². The maximum absolute atomic E-state index is 14.2. The number of nitrogens with zero attached hydrogens (tertiary/aromatic N) is 10. The smallest absolute Gasteiger partial charge is 0.331 e. The maximum atomic E-state index is 14.2. The van der Waals surface area contributed by atoms with Crippen molar-refractivity contribution in [1.29, 1.82) is 10.5 Å². The van der Waals surface area contributed by atoms with Crippen molar-refractivity contribution in [2.24, 2.45) is 15.9 Å². The molecule has 9 aromatic rings. The molecule has 8 aromatic carbocycles. The molecule has 0 aliphatic carbocycles. The van der Waals surface area contributed by atoms with Gasteiger partial charge in [-0.25, -0.2) is 9.89 Å². The van der Waals surface area contributed by atoms with Crippen molar-refractivity contribution in [2.75, 3.05) is 60.7 Å². The van der Waals surface area contributed by atoms with Crippen LogP contribution in [0.15, 0.2) is 228 Å². The number of fused-ring (bicyclic) bond motifs is 1. The van der Waals surface area contributed by atoms with Crippen LogP contribution in [0.4, 0.5) is 17.1 Å². The van der Waals surface area contributed by atoms with Gasteiger partial charge in [0.2, 0.25) is 11.8 Å². The molecule has 0 radical (unpaired) electrons. The first-order valence-corrected chi connectivity index (χ1v) is 44.0. The molecule has 1 fully saturated rings. The number of aryl methyl sites for hydroxylation is 1. The van der Waals surface area contributed by atoms with Crippen molar-refractivity contribution in [3.63, 3.8) is 0 Å². The minimum atomic E-state index is -1.07. The topological polar surface area (TPSA) is 288 Å². The summed E-state index contributed by atoms with van der Waals surface area (Å²) in [5, 5.41) is 17.0. The number of anilines is 3. The fourth-order valence-electron chi connectivity index (χ4n) is 15.0. The SMILES string of the molecule is C.CC(C)(c1ccc(OC#N)cc1)c1ccc(OC#N)cc1.CCCCCCOC1=NC(Oc2ccc(C(C)(C)c3ccc(Oc4nc(OCCCCCC)nc(OCCCCCC)n4)cc3)cc2)=NC2C(=O)N(c3ccc(Cc4ccc(CCCCCC)cc4)cc3)C(=O)C12.O=C1C=CC(=O)CN(c2ccc(Cc3ccc(N4CC(=O)C=CC(=O)C4)cc3)cc2)C1. The highest BCUT2D eigenvalue weighted by molar-refractivity contribution is 6.30. The van der Waals surface area contributed by atoms with Gasteiger partial charge in [0.15, 0.2) is 29.2 Å². The van der Waals surface area contributed by atoms with Crippen LogP contribution in [0.25, 0.3) is 0 Å². The Morgan fingerprint density at radius 1 is 0.370 bits per heavy atom. The first-order valence-electron chi connectivity index (χ1n) is 44.0. The lowest BCUT2D eigenvalue weighted by Crippen LogP contribution is -2.37. The Labute approximate surface area is 747 Å². The zero-order valence-electron chi connectivity index (χ0n) is 73.6. The molecule has 2 amide bonds. The number of aliphatic imine (C=N–C) groups is 2. The monoisotopic (exact) mass is 1710 g/mol. The summed E-state index contributed by atoms with van der Waals surface area (Å²) in [7, 11) is 0. The van der Waals surface area contributed by atoms with E-state index in [1.54, 1.807) is 46.6 Å². The molecule has 2 unspecified atom stereocenters. The van der Waals surface area contributed by atoms with Crippen molar-refractivity contribution in [2.45, 2.75) is 202 Å². The summed E-state index contributed by atoms with van der Waals surface area (Å²) in [6, 6.07) is 61.9. The molecule has 0 saturated carbocycles. The number of carbonyl (C=O) groups is 6. The summed E-state index contributed by atoms with van der Waals surface area (Å²) in [5.74, 6) is 0.0757. The van der Waals surface area contributed by atoms with Crippen molar-refractivity contribution in [1.82, 2.24) is 15.0 Å². The predicted octanol–water partition coefficient (Wildman–Crippen LogP) is 20.6. The molecule has 0 N–H and O–H groups in total. The summed E-state index contributed by atoms with van der Waals surface area (Å²) in [6.07, 6.45) is 28.7. The Morgan fingerprint density at radius 2 is 0.701 bits per heavy atom. The molecular formula is C104H118N10O13. The summed E-state index contributed by atoms with van der Waals surface area (Å²) < 4.78 is 40.0. The second kappa shape index (κ2) is 48.2. The van der Waals surface area contributed by atoms with Gasteiger partial charge in [0.1, 0.15) is 28.9 Å². The predicted molar refractivity (Wildman–Crippen MR) is 496 cm³/mol. The first-order chi connectivity index (χ1) is 61.1. The Morgan fingerprint density at radius 3 is 1.08 bits per heavy atom. The van der Waals surface area contributed by atoms with Gasteiger partial charge in [0.25, 0.3) is 18.4 Å². The number of amidine groups is 1. The quantitative estimate of drug-likeness (QED) is 0.0197. The number of ketones is 4. The minimum absolute atomic E-state index is 0. The van der Waals surface area contributed by atoms with E-state index in [9.17, 15) is 28.8 Å². The highest BCUT2D eigenvalue weighted by Gasteiger charge is 2.54. The van der Waals surface area contributed by atoms with Crippen LogP contribution in [0.1, 0.15) is 216 Å². The molecular weight excluding hydrogens is 1600 g/mol. The molecule has 23 heteroatoms. The van der Waals surface area contributed by atoms with Crippen molar-refractivity contribution < 1.29 is 61.9 Å². The average molecular weight is 1720 g/mol. The molecule has 0 bridgehead atoms. The third-order valence-electron chi connectivity index (χ3n) is 22.6. The molecule has 4 aliphatic rings. The van der Waals surface area contributed by atoms with Crippen LogP contribution in [-0.2, 0) is 63.6 Å². The number of carbonyl (C=O) groups excluding carboxylic acids is 6. The highest BCUT2D eigenvalue weighted by Crippen LogP contribution is 2.38. The number of hydrogen-bond donors (Lipinski definition) is 0. The van der Waals surface area contributed by atoms with Crippen LogP contribution in [0, 0.1) is 29.0 Å². The molecule has 2 atom stereocenters. The summed E-state index contributed by atoms with van der Waals surface area (Å²) in [5.41, 5.74) is 11.7. The van der Waals surface area contributed by atoms with E-state index >= 15 is 0 Å². The number of imide groups is 1. The summed E-state index contributed by atoms with van der Waals surface area (Å²) in [6.45, 7) is 19.4. The van der Waals surface area contributed by atoms with Gasteiger partial charge in [0.05, 0.1) is 51.7 Å². The zero-order valence-corrected chi connectivity index (χ0v) is 73.6. The molecule has 5 heterocycles. The molecule has 0 spiro atoms. The molecule has 13 rings (SSSR count). The van der Waals surface area contributed by atoms with Gasteiger partial charge >= 0.3 is 24.1 Å². The van der Waals surface area contributed by atoms with Crippen molar-refractivity contribution in [3.05, 3.63) is 268 Å². The van der Waals surface area contributed by atoms with Crippen LogP contribution in [-0.4, -0.2) is 114 Å². The van der Waals surface area contributed by atoms with E-state index < -0.39 is 29.2 Å². The summed E-state index contributed by atoms with van der Waals surface area (Å²) >= 11 is 0. The Balaban J connectivity index is 0.000000256. The van der Waals surface area contributed by atoms with Gasteiger partial charge in [-0.15, -0.1) is 25.5 Å². The number of benzene rings is 8. The van der Waals surface area contributed by atoms with Gasteiger partial charge in [-0.05, 0) is 204 Å². The van der Waals surface area contributed by atoms with E-state index in [2.05, 4.69) is 105 Å². The number of aromatic nitrogens is 3. The lowest BCUT2D eigenvalue weighted by molar-refractivity contribution is -0.122. The van der Waals surface area contributed by atoms with E-state index in [0.29, 0.717) is 48.5 Å². The van der Waals surface area contributed by atoms with Crippen molar-refractivity contribution >= 4 is 63.9 Å². The third-order valence-corrected chi connectivity index (χ3v) is 22.6. The van der Waals surface area contributed by atoms with Crippen LogP contribution in [0.2, 0.25) is 0 Å². The average Bonchev–Trinajstić information content (AvgIpc) is 1.60. The zero-order chi connectivity index (χ0) is 89.2. The van der Waals surface area contributed by atoms with Crippen LogP contribution >= 0.6 is 0 Å². The van der Waals surface area contributed by atoms with Gasteiger partial charge in [-0.1, -0.05) is 249 Å². The Kier molecular flexibility index (Phi) is 36.3. The number of hydrogen-bond acceptors (Lipinski definition) is 22. The van der Waals surface area contributed by atoms with E-state index in [1.165, 1.54) is 66.0 Å². The fraction of sp³-hybridized carbons (Fsp3) is 0.375. The molecule has 1 aromatic heterocycles. The van der Waals surface area contributed by atoms with E-state index in [0.717, 1.165) is 147 Å². The van der Waals surface area contributed by atoms with Crippen LogP contribution in [0.5, 0.6) is 41.0 Å². The Hall–Kier alpha value is -13.4. The van der Waals surface area contributed by atoms with Gasteiger partial charge in [0, 0.05) is 22.2 Å². The van der Waals surface area contributed by atoms with E-state index in [-0.39, 0.29) is 92.1 Å². The fourth-order valence-corrected chi connectivity index (χ4v) is 15.0. The van der Waals surface area contributed by atoms with Gasteiger partial charge in [-0.3, -0.25) is 28.8 Å². The standard InChI is InChI=1S/C61H78N6O7.C25H22N2O4.C17H14N2O2.CH4/c1-7-11-15-19-23-44-24-26-45(27-25-44)43-46-28-34-49(35-29-46)67-55(68)52-53(56(67)69)62-59(63-54(52)70-40-20-16-12-8-2)73-50-36-30-47(31-37-50)61(5,6)48-32-38-51(39-33-48)74-60-65-57(71-41-21-17-13-9-3)64-58(66-60)72-42-22-18-14-10-4;28-22-9-10-23(29)15-26(14-22)20-5-1-18(2-6-20)13-19-3-7-21(8-4-19)27-16-24(30)11-12-25(31)17-27;1-17(2,13-3-7-15(8-4-13)20-11-18)14-5-9-16(10-6-14)21-12-19;/h24-39,52-53H,7-23,40-43H2,1-6H3;1-12H,13-17H2;3-10H,1-2H3;1H4. The number of unbranched alkanes of at least 4 members (excludes halogenated alkanes) is 12. The Bertz CT molecular complexity index is 5110. The molecule has 1 saturated heterocycles. The molecule has 4 aliphatic heterocycles. The molecule has 127 heavy (non-hydrogen) atoms. The minimum Gasteiger partial charge on any atom is -0.480 e. The highest BCUT2D eigenvalue weighted by atomic mass is 16.5. The van der Waals surface area contributed by atoms with Crippen molar-refractivity contribution in [3.8, 4) is 53.5 Å². The lowest BCUT2D eigenvalue weighted by atomic mass is 9.78. The maximum Gasteiger partial charge on any atom is 0.331 e. The van der Waals surface area contributed by atoms with E-state index in [1.807, 2.05) is 146 Å². The number of rotatable bonds is 38. The second-order valence-corrected chi connectivity index (χ2v) is 32.9. The lowest BCUT2D eigenvalue weighted by Gasteiger charge is -2.26. The van der Waals surface area contributed by atoms with Crippen LogP contribution < -0.4 is 43.1 Å². The largest absolute Gasteiger partial charge is 0.480 e. The second-order valence-electron chi connectivity index (χ2n) is 32.9. The van der Waals surface area contributed by atoms with E-state index in [4.69, 9.17) is 43.7 Å². The summed E-state index contributed by atoms with van der Waals surface area (Å²) in [4.78, 5) is 103. The van der Waals surface area contributed by atoms with Gasteiger partial charge in [-0.2, -0.15) is 4.99 Å². The molecule has 23 nitrogen and oxygen atoms in total. The first kappa shape index (κ1) is 95.8. The number of ether oxygens (including phenoxy) is 7. The third kappa shape index (κ3) is 28.0. The normalized spacial score (nSPS) is 14.9. The molecule has 662 valence electrons. The number of nitriles is 2. The van der Waals surface area contributed by atoms with Crippen LogP contribution in [0.3, 0.4) is 0 Å². The number of amides is 2.